The van der Waals surface area contributed by atoms with Crippen molar-refractivity contribution in [3.05, 3.63) is 53.5 Å². The van der Waals surface area contributed by atoms with E-state index in [4.69, 9.17) is 0 Å². The molecule has 0 spiro atoms. The minimum Gasteiger partial charge on any atom is -0.121 e. The highest BCUT2D eigenvalue weighted by Gasteiger charge is 2.16. The first-order chi connectivity index (χ1) is 7.58. The zero-order valence-electron chi connectivity index (χ0n) is 7.88. The summed E-state index contributed by atoms with van der Waals surface area (Å²) < 4.78 is 3.39. The van der Waals surface area contributed by atoms with Crippen molar-refractivity contribution >= 4 is 75.1 Å². The van der Waals surface area contributed by atoms with Gasteiger partial charge in [0.05, 0.1) is 12.4 Å². The fourth-order valence-electron chi connectivity index (χ4n) is 1.34. The summed E-state index contributed by atoms with van der Waals surface area (Å²) in [4.78, 5) is 0.220. The van der Waals surface area contributed by atoms with Crippen LogP contribution in [0.3, 0.4) is 0 Å². The average molecular weight is 490 g/mol. The van der Waals surface area contributed by atoms with Crippen LogP contribution in [0.4, 0.5) is 0 Å². The molecule has 0 saturated heterocycles. The zero-order valence-corrected chi connectivity index (χ0v) is 15.0. The van der Waals surface area contributed by atoms with E-state index in [9.17, 15) is 0 Å². The maximum atomic E-state index is 3.72. The van der Waals surface area contributed by atoms with Gasteiger partial charge in [-0.25, -0.2) is 0 Å². The molecular formula is C11H6Br4S. The van der Waals surface area contributed by atoms with E-state index in [1.807, 2.05) is 0 Å². The predicted octanol–water partition coefficient (Wildman–Crippen LogP) is 6.52. The minimum atomic E-state index is 0.220. The third-order valence-electron chi connectivity index (χ3n) is 2.12. The molecule has 16 heavy (non-hydrogen) atoms. The van der Waals surface area contributed by atoms with Gasteiger partial charge in [-0.2, -0.15) is 0 Å². The van der Waals surface area contributed by atoms with E-state index >= 15 is 0 Å². The number of hydrogen-bond acceptors (Lipinski definition) is 1. The lowest BCUT2D eigenvalue weighted by Gasteiger charge is -2.09. The highest BCUT2D eigenvalue weighted by molar-refractivity contribution is 9.12. The summed E-state index contributed by atoms with van der Waals surface area (Å²) in [5.41, 5.74) is 2.49. The highest BCUT2D eigenvalue weighted by Crippen LogP contribution is 2.41. The second-order valence-electron chi connectivity index (χ2n) is 3.19. The van der Waals surface area contributed by atoms with Gasteiger partial charge in [0.25, 0.3) is 0 Å². The van der Waals surface area contributed by atoms with Crippen molar-refractivity contribution in [1.29, 1.82) is 0 Å². The summed E-state index contributed by atoms with van der Waals surface area (Å²) in [5, 5.41) is 0. The molecule has 0 radical (unpaired) electrons. The predicted molar refractivity (Wildman–Crippen MR) is 84.6 cm³/mol. The summed E-state index contributed by atoms with van der Waals surface area (Å²) >= 11 is 15.9. The van der Waals surface area contributed by atoms with Crippen LogP contribution in [0, 0.1) is 0 Å². The van der Waals surface area contributed by atoms with Crippen molar-refractivity contribution in [2.45, 2.75) is 4.83 Å². The molecule has 0 amide bonds. The van der Waals surface area contributed by atoms with Crippen molar-refractivity contribution in [2.75, 3.05) is 0 Å². The monoisotopic (exact) mass is 486 g/mol. The third kappa shape index (κ3) is 2.99. The summed E-state index contributed by atoms with van der Waals surface area (Å²) in [6.45, 7) is 0. The zero-order chi connectivity index (χ0) is 11.7. The van der Waals surface area contributed by atoms with Crippen LogP contribution in [0.1, 0.15) is 16.0 Å². The van der Waals surface area contributed by atoms with Crippen LogP contribution in [0.5, 0.6) is 0 Å². The van der Waals surface area contributed by atoms with Gasteiger partial charge in [-0.3, -0.25) is 0 Å². The number of alkyl halides is 1. The second-order valence-corrected chi connectivity index (χ2v) is 8.77. The van der Waals surface area contributed by atoms with E-state index < -0.39 is 0 Å². The Morgan fingerprint density at radius 3 is 2.12 bits per heavy atom. The topological polar surface area (TPSA) is 0 Å². The van der Waals surface area contributed by atoms with Crippen LogP contribution in [0.15, 0.2) is 42.4 Å². The normalized spacial score (nSPS) is 12.8. The highest BCUT2D eigenvalue weighted by atomic mass is 79.9. The lowest BCUT2D eigenvalue weighted by Crippen LogP contribution is -1.90. The molecule has 0 aliphatic heterocycles. The van der Waals surface area contributed by atoms with Gasteiger partial charge in [0.2, 0.25) is 0 Å². The number of rotatable bonds is 2. The molecule has 0 aliphatic carbocycles. The summed E-state index contributed by atoms with van der Waals surface area (Å²) in [5.74, 6) is 0. The molecule has 0 aliphatic rings. The molecule has 0 N–H and O–H groups in total. The Kier molecular flexibility index (Phi) is 4.69. The molecule has 0 saturated carbocycles. The fourth-order valence-corrected chi connectivity index (χ4v) is 5.63. The molecule has 1 aromatic heterocycles. The molecule has 2 aromatic rings. The molecular weight excluding hydrogens is 484 g/mol. The minimum absolute atomic E-state index is 0.220. The average Bonchev–Trinajstić information content (AvgIpc) is 2.58. The smallest absolute Gasteiger partial charge is 0.0757 e. The van der Waals surface area contributed by atoms with Gasteiger partial charge in [0, 0.05) is 4.47 Å². The van der Waals surface area contributed by atoms with Crippen molar-refractivity contribution in [2.24, 2.45) is 0 Å². The van der Waals surface area contributed by atoms with E-state index in [1.165, 1.54) is 11.1 Å². The van der Waals surface area contributed by atoms with Crippen LogP contribution in [-0.2, 0) is 0 Å². The molecule has 0 fully saturated rings. The fraction of sp³-hybridized carbons (Fsp3) is 0.0909. The molecule has 5 heteroatoms. The van der Waals surface area contributed by atoms with E-state index in [0.29, 0.717) is 0 Å². The first-order valence-electron chi connectivity index (χ1n) is 4.42. The van der Waals surface area contributed by atoms with Crippen molar-refractivity contribution in [3.63, 3.8) is 0 Å². The molecule has 1 atom stereocenters. The second kappa shape index (κ2) is 5.65. The quantitative estimate of drug-likeness (QED) is 0.421. The summed E-state index contributed by atoms with van der Waals surface area (Å²) in [6, 6.07) is 10.5. The first-order valence-corrected chi connectivity index (χ1v) is 8.53. The van der Waals surface area contributed by atoms with E-state index in [0.717, 1.165) is 12.0 Å². The van der Waals surface area contributed by atoms with Crippen LogP contribution in [-0.4, -0.2) is 0 Å². The molecule has 0 bridgehead atoms. The van der Waals surface area contributed by atoms with E-state index in [1.54, 1.807) is 11.3 Å². The maximum absolute atomic E-state index is 3.72. The maximum Gasteiger partial charge on any atom is 0.0757 e. The van der Waals surface area contributed by atoms with Gasteiger partial charge >= 0.3 is 0 Å². The van der Waals surface area contributed by atoms with Crippen LogP contribution >= 0.6 is 75.1 Å². The molecule has 84 valence electrons. The van der Waals surface area contributed by atoms with E-state index in [-0.39, 0.29) is 4.83 Å². The van der Waals surface area contributed by atoms with Crippen LogP contribution < -0.4 is 0 Å². The molecule has 2 rings (SSSR count). The van der Waals surface area contributed by atoms with Crippen LogP contribution in [0.2, 0.25) is 0 Å². The molecule has 0 nitrogen and oxygen atoms in total. The lowest BCUT2D eigenvalue weighted by molar-refractivity contribution is 1.18. The number of hydrogen-bond donors (Lipinski definition) is 0. The molecule has 1 heterocycles. The molecule has 1 unspecified atom stereocenters. The Morgan fingerprint density at radius 2 is 1.62 bits per heavy atom. The third-order valence-corrected chi connectivity index (χ3v) is 6.06. The van der Waals surface area contributed by atoms with Gasteiger partial charge in [0.1, 0.15) is 0 Å². The SMILES string of the molecule is Brc1ccc(C(Br)c2cc(Br)sc2Br)cc1. The van der Waals surface area contributed by atoms with Crippen molar-refractivity contribution in [3.8, 4) is 0 Å². The van der Waals surface area contributed by atoms with E-state index in [2.05, 4.69) is 94.1 Å². The summed E-state index contributed by atoms with van der Waals surface area (Å²) in [7, 11) is 0. The van der Waals surface area contributed by atoms with Crippen molar-refractivity contribution in [1.82, 2.24) is 0 Å². The Morgan fingerprint density at radius 1 is 1.00 bits per heavy atom. The van der Waals surface area contributed by atoms with Gasteiger partial charge in [-0.15, -0.1) is 11.3 Å². The van der Waals surface area contributed by atoms with Gasteiger partial charge < -0.3 is 0 Å². The Bertz CT molecular complexity index is 489. The number of thiophene rings is 1. The van der Waals surface area contributed by atoms with Gasteiger partial charge in [0.15, 0.2) is 0 Å². The Hall–Kier alpha value is 0.840. The number of benzene rings is 1. The first kappa shape index (κ1) is 13.3. The van der Waals surface area contributed by atoms with Gasteiger partial charge in [-0.05, 0) is 61.2 Å². The Balaban J connectivity index is 2.35. The van der Waals surface area contributed by atoms with Gasteiger partial charge in [-0.1, -0.05) is 44.0 Å². The standard InChI is InChI=1S/C11H6Br4S/c12-7-3-1-6(2-4-7)10(14)8-5-9(13)16-11(8)15/h1-5,10H. The Labute approximate surface area is 132 Å². The summed E-state index contributed by atoms with van der Waals surface area (Å²) in [6.07, 6.45) is 0. The lowest BCUT2D eigenvalue weighted by atomic mass is 10.1. The van der Waals surface area contributed by atoms with Crippen molar-refractivity contribution < 1.29 is 0 Å². The van der Waals surface area contributed by atoms with Crippen LogP contribution in [0.25, 0.3) is 0 Å². The largest absolute Gasteiger partial charge is 0.121 e. The molecule has 1 aromatic carbocycles. The number of halogens is 4.